The Balaban J connectivity index is 2.51. The molecule has 0 fully saturated rings. The van der Waals surface area contributed by atoms with Crippen LogP contribution in [0.3, 0.4) is 0 Å². The molecule has 0 aromatic carbocycles. The van der Waals surface area contributed by atoms with Crippen molar-refractivity contribution in [2.24, 2.45) is 11.1 Å². The van der Waals surface area contributed by atoms with Gasteiger partial charge in [0.15, 0.2) is 0 Å². The fraction of sp³-hybridized carbons (Fsp3) is 0.600. The van der Waals surface area contributed by atoms with Gasteiger partial charge in [-0.15, -0.1) is 5.10 Å². The van der Waals surface area contributed by atoms with Crippen molar-refractivity contribution >= 4 is 11.9 Å². The van der Waals surface area contributed by atoms with Gasteiger partial charge in [-0.05, 0) is 13.8 Å². The fourth-order valence-electron chi connectivity index (χ4n) is 1.14. The summed E-state index contributed by atoms with van der Waals surface area (Å²) >= 11 is 0. The number of nitrogens with one attached hydrogen (secondary N) is 1. The van der Waals surface area contributed by atoms with E-state index in [1.807, 2.05) is 0 Å². The zero-order valence-electron chi connectivity index (χ0n) is 10.4. The lowest BCUT2D eigenvalue weighted by molar-refractivity contribution is -0.138. The van der Waals surface area contributed by atoms with Crippen molar-refractivity contribution < 1.29 is 14.7 Å². The standard InChI is InChI=1S/C10H17N5O3/c1-10(2,6-11)9(18)12-3-7-4-15(14-13-7)5-8(16)17/h4H,3,5-6,11H2,1-2H3,(H,12,18)(H,16,17). The van der Waals surface area contributed by atoms with E-state index in [-0.39, 0.29) is 25.5 Å². The summed E-state index contributed by atoms with van der Waals surface area (Å²) in [4.78, 5) is 22.2. The number of hydrogen-bond donors (Lipinski definition) is 3. The number of nitrogens with two attached hydrogens (primary N) is 1. The summed E-state index contributed by atoms with van der Waals surface area (Å²) < 4.78 is 1.19. The minimum Gasteiger partial charge on any atom is -0.480 e. The van der Waals surface area contributed by atoms with Crippen LogP contribution in [0.15, 0.2) is 6.20 Å². The summed E-state index contributed by atoms with van der Waals surface area (Å²) in [7, 11) is 0. The molecule has 0 radical (unpaired) electrons. The Morgan fingerprint density at radius 3 is 2.78 bits per heavy atom. The quantitative estimate of drug-likeness (QED) is 0.597. The number of nitrogens with zero attached hydrogens (tertiary/aromatic N) is 3. The van der Waals surface area contributed by atoms with Gasteiger partial charge in [-0.3, -0.25) is 9.59 Å². The van der Waals surface area contributed by atoms with Crippen LogP contribution in [0.25, 0.3) is 0 Å². The molecule has 8 heteroatoms. The average Bonchev–Trinajstić information content (AvgIpc) is 2.72. The highest BCUT2D eigenvalue weighted by Crippen LogP contribution is 2.12. The zero-order valence-corrected chi connectivity index (χ0v) is 10.4. The molecule has 1 aromatic heterocycles. The number of carboxylic acids is 1. The highest BCUT2D eigenvalue weighted by atomic mass is 16.4. The summed E-state index contributed by atoms with van der Waals surface area (Å²) in [5, 5.41) is 18.6. The molecule has 1 heterocycles. The number of amides is 1. The van der Waals surface area contributed by atoms with Gasteiger partial charge in [0.1, 0.15) is 12.2 Å². The van der Waals surface area contributed by atoms with Crippen molar-refractivity contribution in [2.75, 3.05) is 6.54 Å². The first kappa shape index (κ1) is 14.1. The molecule has 1 amide bonds. The zero-order chi connectivity index (χ0) is 13.8. The number of carboxylic acid groups (broad SMARTS) is 1. The second kappa shape index (κ2) is 5.58. The summed E-state index contributed by atoms with van der Waals surface area (Å²) in [6.07, 6.45) is 1.48. The van der Waals surface area contributed by atoms with Gasteiger partial charge in [0, 0.05) is 6.54 Å². The number of carbonyl (C=O) groups excluding carboxylic acids is 1. The minimum atomic E-state index is -1.00. The molecule has 100 valence electrons. The maximum absolute atomic E-state index is 11.7. The molecule has 0 aliphatic carbocycles. The maximum atomic E-state index is 11.7. The fourth-order valence-corrected chi connectivity index (χ4v) is 1.14. The van der Waals surface area contributed by atoms with E-state index in [1.54, 1.807) is 13.8 Å². The summed E-state index contributed by atoms with van der Waals surface area (Å²) in [6, 6.07) is 0. The predicted molar refractivity (Wildman–Crippen MR) is 62.3 cm³/mol. The van der Waals surface area contributed by atoms with Gasteiger partial charge in [-0.1, -0.05) is 5.21 Å². The second-order valence-corrected chi connectivity index (χ2v) is 4.57. The van der Waals surface area contributed by atoms with Crippen LogP contribution in [0, 0.1) is 5.41 Å². The Kier molecular flexibility index (Phi) is 4.38. The lowest BCUT2D eigenvalue weighted by atomic mass is 9.93. The molecular formula is C10H17N5O3. The van der Waals surface area contributed by atoms with Crippen LogP contribution in [-0.4, -0.2) is 38.5 Å². The van der Waals surface area contributed by atoms with Crippen LogP contribution in [-0.2, 0) is 22.7 Å². The van der Waals surface area contributed by atoms with E-state index >= 15 is 0 Å². The topological polar surface area (TPSA) is 123 Å². The third-order valence-electron chi connectivity index (χ3n) is 2.44. The molecule has 0 unspecified atom stereocenters. The molecule has 0 bridgehead atoms. The minimum absolute atomic E-state index is 0.183. The molecular weight excluding hydrogens is 238 g/mol. The summed E-state index contributed by atoms with van der Waals surface area (Å²) in [5.41, 5.74) is 5.33. The lowest BCUT2D eigenvalue weighted by Crippen LogP contribution is -2.41. The van der Waals surface area contributed by atoms with Crippen molar-refractivity contribution in [3.05, 3.63) is 11.9 Å². The Labute approximate surface area is 104 Å². The van der Waals surface area contributed by atoms with Crippen molar-refractivity contribution in [1.82, 2.24) is 20.3 Å². The van der Waals surface area contributed by atoms with Crippen molar-refractivity contribution in [1.29, 1.82) is 0 Å². The number of aromatic nitrogens is 3. The van der Waals surface area contributed by atoms with Gasteiger partial charge in [-0.2, -0.15) is 0 Å². The van der Waals surface area contributed by atoms with Gasteiger partial charge >= 0.3 is 5.97 Å². The van der Waals surface area contributed by atoms with Gasteiger partial charge in [0.05, 0.1) is 18.2 Å². The maximum Gasteiger partial charge on any atom is 0.325 e. The molecule has 0 aliphatic heterocycles. The SMILES string of the molecule is CC(C)(CN)C(=O)NCc1cn(CC(=O)O)nn1. The normalized spacial score (nSPS) is 11.3. The van der Waals surface area contributed by atoms with Crippen LogP contribution >= 0.6 is 0 Å². The van der Waals surface area contributed by atoms with Crippen LogP contribution < -0.4 is 11.1 Å². The van der Waals surface area contributed by atoms with Crippen LogP contribution in [0.5, 0.6) is 0 Å². The van der Waals surface area contributed by atoms with Crippen molar-refractivity contribution in [3.8, 4) is 0 Å². The van der Waals surface area contributed by atoms with E-state index in [0.717, 1.165) is 0 Å². The van der Waals surface area contributed by atoms with Gasteiger partial charge in [0.25, 0.3) is 0 Å². The first-order valence-electron chi connectivity index (χ1n) is 5.44. The first-order chi connectivity index (χ1) is 8.35. The number of carbonyl (C=O) groups is 2. The summed E-state index contributed by atoms with van der Waals surface area (Å²) in [6.45, 7) is 3.66. The molecule has 1 aromatic rings. The van der Waals surface area contributed by atoms with E-state index in [4.69, 9.17) is 10.8 Å². The molecule has 4 N–H and O–H groups in total. The predicted octanol–water partition coefficient (Wildman–Crippen LogP) is -1.04. The van der Waals surface area contributed by atoms with Crippen LogP contribution in [0.2, 0.25) is 0 Å². The molecule has 0 saturated heterocycles. The van der Waals surface area contributed by atoms with Gasteiger partial charge in [-0.25, -0.2) is 4.68 Å². The first-order valence-corrected chi connectivity index (χ1v) is 5.44. The molecule has 0 aliphatic rings. The third-order valence-corrected chi connectivity index (χ3v) is 2.44. The molecule has 8 nitrogen and oxygen atoms in total. The number of aliphatic carboxylic acids is 1. The van der Waals surface area contributed by atoms with E-state index in [1.165, 1.54) is 10.9 Å². The molecule has 0 saturated carbocycles. The smallest absolute Gasteiger partial charge is 0.325 e. The second-order valence-electron chi connectivity index (χ2n) is 4.57. The van der Waals surface area contributed by atoms with Crippen molar-refractivity contribution in [3.63, 3.8) is 0 Å². The summed E-state index contributed by atoms with van der Waals surface area (Å²) in [5.74, 6) is -1.18. The molecule has 0 spiro atoms. The van der Waals surface area contributed by atoms with Crippen LogP contribution in [0.1, 0.15) is 19.5 Å². The largest absolute Gasteiger partial charge is 0.480 e. The average molecular weight is 255 g/mol. The Bertz CT molecular complexity index is 440. The van der Waals surface area contributed by atoms with Crippen molar-refractivity contribution in [2.45, 2.75) is 26.9 Å². The van der Waals surface area contributed by atoms with Gasteiger partial charge in [0.2, 0.25) is 5.91 Å². The lowest BCUT2D eigenvalue weighted by Gasteiger charge is -2.20. The molecule has 0 atom stereocenters. The highest BCUT2D eigenvalue weighted by molar-refractivity contribution is 5.81. The van der Waals surface area contributed by atoms with Gasteiger partial charge < -0.3 is 16.2 Å². The monoisotopic (exact) mass is 255 g/mol. The number of rotatable bonds is 6. The third kappa shape index (κ3) is 3.81. The van der Waals surface area contributed by atoms with Crippen LogP contribution in [0.4, 0.5) is 0 Å². The van der Waals surface area contributed by atoms with E-state index in [9.17, 15) is 9.59 Å². The Morgan fingerprint density at radius 2 is 2.22 bits per heavy atom. The van der Waals surface area contributed by atoms with E-state index < -0.39 is 11.4 Å². The number of hydrogen-bond acceptors (Lipinski definition) is 5. The van der Waals surface area contributed by atoms with E-state index in [0.29, 0.717) is 5.69 Å². The molecule has 1 rings (SSSR count). The highest BCUT2D eigenvalue weighted by Gasteiger charge is 2.25. The van der Waals surface area contributed by atoms with E-state index in [2.05, 4.69) is 15.6 Å². The Hall–Kier alpha value is -1.96. The Morgan fingerprint density at radius 1 is 1.56 bits per heavy atom. The molecule has 18 heavy (non-hydrogen) atoms.